The lowest BCUT2D eigenvalue weighted by Gasteiger charge is -2.13. The SMILES string of the molecule is Cc1cnn(CCNC[C@H](O)COc2ccc(C#N)cc2)c1. The van der Waals surface area contributed by atoms with Crippen LogP contribution in [0.25, 0.3) is 0 Å². The van der Waals surface area contributed by atoms with Crippen LogP contribution in [-0.4, -0.2) is 40.7 Å². The molecule has 0 radical (unpaired) electrons. The van der Waals surface area contributed by atoms with Gasteiger partial charge in [-0.3, -0.25) is 4.68 Å². The molecule has 2 rings (SSSR count). The number of aliphatic hydroxyl groups is 1. The van der Waals surface area contributed by atoms with E-state index in [2.05, 4.69) is 10.4 Å². The highest BCUT2D eigenvalue weighted by atomic mass is 16.5. The molecule has 0 saturated heterocycles. The third kappa shape index (κ3) is 5.20. The van der Waals surface area contributed by atoms with Crippen molar-refractivity contribution in [2.24, 2.45) is 0 Å². The van der Waals surface area contributed by atoms with Crippen LogP contribution in [0.1, 0.15) is 11.1 Å². The highest BCUT2D eigenvalue weighted by Crippen LogP contribution is 2.11. The Morgan fingerprint density at radius 1 is 1.41 bits per heavy atom. The Hall–Kier alpha value is -2.36. The van der Waals surface area contributed by atoms with E-state index in [9.17, 15) is 5.11 Å². The fourth-order valence-electron chi connectivity index (χ4n) is 1.93. The van der Waals surface area contributed by atoms with Crippen LogP contribution < -0.4 is 10.1 Å². The summed E-state index contributed by atoms with van der Waals surface area (Å²) in [5.74, 6) is 0.644. The first-order valence-electron chi connectivity index (χ1n) is 7.18. The fourth-order valence-corrected chi connectivity index (χ4v) is 1.93. The third-order valence-electron chi connectivity index (χ3n) is 3.09. The minimum absolute atomic E-state index is 0.208. The van der Waals surface area contributed by atoms with E-state index in [4.69, 9.17) is 10.00 Å². The van der Waals surface area contributed by atoms with Crippen molar-refractivity contribution in [3.63, 3.8) is 0 Å². The van der Waals surface area contributed by atoms with Gasteiger partial charge in [-0.2, -0.15) is 10.4 Å². The number of nitrogens with one attached hydrogen (secondary N) is 1. The maximum absolute atomic E-state index is 9.85. The van der Waals surface area contributed by atoms with Crippen molar-refractivity contribution in [1.82, 2.24) is 15.1 Å². The molecule has 1 atom stereocenters. The van der Waals surface area contributed by atoms with Crippen LogP contribution in [0, 0.1) is 18.3 Å². The maximum atomic E-state index is 9.85. The number of benzene rings is 1. The van der Waals surface area contributed by atoms with Gasteiger partial charge in [0.25, 0.3) is 0 Å². The molecule has 0 bridgehead atoms. The van der Waals surface area contributed by atoms with Gasteiger partial charge in [0.15, 0.2) is 0 Å². The highest BCUT2D eigenvalue weighted by Gasteiger charge is 2.05. The summed E-state index contributed by atoms with van der Waals surface area (Å²) in [6, 6.07) is 8.86. The summed E-state index contributed by atoms with van der Waals surface area (Å²) in [6.07, 6.45) is 3.21. The van der Waals surface area contributed by atoms with Crippen molar-refractivity contribution in [3.05, 3.63) is 47.8 Å². The Balaban J connectivity index is 1.61. The highest BCUT2D eigenvalue weighted by molar-refractivity contribution is 5.34. The van der Waals surface area contributed by atoms with E-state index in [-0.39, 0.29) is 6.61 Å². The number of ether oxygens (including phenoxy) is 1. The predicted molar refractivity (Wildman–Crippen MR) is 82.5 cm³/mol. The van der Waals surface area contributed by atoms with Crippen molar-refractivity contribution in [2.75, 3.05) is 19.7 Å². The van der Waals surface area contributed by atoms with Crippen LogP contribution >= 0.6 is 0 Å². The van der Waals surface area contributed by atoms with E-state index >= 15 is 0 Å². The lowest BCUT2D eigenvalue weighted by molar-refractivity contribution is 0.106. The van der Waals surface area contributed by atoms with Gasteiger partial charge in [0.1, 0.15) is 18.5 Å². The second-order valence-corrected chi connectivity index (χ2v) is 5.09. The molecule has 1 aromatic carbocycles. The molecule has 22 heavy (non-hydrogen) atoms. The zero-order valence-electron chi connectivity index (χ0n) is 12.6. The minimum atomic E-state index is -0.588. The Labute approximate surface area is 130 Å². The second-order valence-electron chi connectivity index (χ2n) is 5.09. The van der Waals surface area contributed by atoms with Gasteiger partial charge in [0.05, 0.1) is 24.4 Å². The number of hydrogen-bond donors (Lipinski definition) is 2. The van der Waals surface area contributed by atoms with Crippen molar-refractivity contribution < 1.29 is 9.84 Å². The third-order valence-corrected chi connectivity index (χ3v) is 3.09. The van der Waals surface area contributed by atoms with Crippen molar-refractivity contribution in [3.8, 4) is 11.8 Å². The number of rotatable bonds is 8. The Kier molecular flexibility index (Phi) is 5.95. The second kappa shape index (κ2) is 8.17. The van der Waals surface area contributed by atoms with Gasteiger partial charge < -0.3 is 15.2 Å². The van der Waals surface area contributed by atoms with Crippen molar-refractivity contribution in [2.45, 2.75) is 19.6 Å². The normalized spacial score (nSPS) is 11.9. The van der Waals surface area contributed by atoms with Gasteiger partial charge >= 0.3 is 0 Å². The van der Waals surface area contributed by atoms with Crippen LogP contribution in [0.5, 0.6) is 5.75 Å². The van der Waals surface area contributed by atoms with E-state index < -0.39 is 6.10 Å². The molecular weight excluding hydrogens is 280 g/mol. The van der Waals surface area contributed by atoms with Crippen molar-refractivity contribution >= 4 is 0 Å². The summed E-state index contributed by atoms with van der Waals surface area (Å²) in [7, 11) is 0. The summed E-state index contributed by atoms with van der Waals surface area (Å²) in [4.78, 5) is 0. The van der Waals surface area contributed by atoms with Crippen LogP contribution in [0.3, 0.4) is 0 Å². The first-order chi connectivity index (χ1) is 10.7. The van der Waals surface area contributed by atoms with Gasteiger partial charge in [0.2, 0.25) is 0 Å². The van der Waals surface area contributed by atoms with Gasteiger partial charge in [-0.05, 0) is 36.8 Å². The number of aromatic nitrogens is 2. The molecule has 2 aromatic rings. The molecular formula is C16H20N4O2. The van der Waals surface area contributed by atoms with Gasteiger partial charge in [-0.15, -0.1) is 0 Å². The lowest BCUT2D eigenvalue weighted by atomic mass is 10.2. The first-order valence-corrected chi connectivity index (χ1v) is 7.18. The van der Waals surface area contributed by atoms with Crippen LogP contribution in [0.15, 0.2) is 36.7 Å². The van der Waals surface area contributed by atoms with Crippen LogP contribution in [0.4, 0.5) is 0 Å². The molecule has 0 fully saturated rings. The smallest absolute Gasteiger partial charge is 0.119 e. The van der Waals surface area contributed by atoms with E-state index in [0.29, 0.717) is 17.9 Å². The number of hydrogen-bond acceptors (Lipinski definition) is 5. The summed E-state index contributed by atoms with van der Waals surface area (Å²) < 4.78 is 7.33. The molecule has 116 valence electrons. The quantitative estimate of drug-likeness (QED) is 0.713. The molecule has 6 nitrogen and oxygen atoms in total. The summed E-state index contributed by atoms with van der Waals surface area (Å²) in [5, 5.41) is 25.9. The maximum Gasteiger partial charge on any atom is 0.119 e. The molecule has 0 aliphatic carbocycles. The standard InChI is InChI=1S/C16H20N4O2/c1-13-9-19-20(11-13)7-6-18-10-15(21)12-22-16-4-2-14(8-17)3-5-16/h2-5,9,11,15,18,21H,6-7,10,12H2,1H3/t15-/m0/s1. The Bertz CT molecular complexity index is 616. The molecule has 0 spiro atoms. The number of aliphatic hydroxyl groups excluding tert-OH is 1. The van der Waals surface area contributed by atoms with Crippen molar-refractivity contribution in [1.29, 1.82) is 5.26 Å². The summed E-state index contributed by atoms with van der Waals surface area (Å²) in [6.45, 7) is 4.16. The molecule has 0 aliphatic heterocycles. The average molecular weight is 300 g/mol. The van der Waals surface area contributed by atoms with Crippen LogP contribution in [0.2, 0.25) is 0 Å². The van der Waals surface area contributed by atoms with E-state index in [0.717, 1.165) is 18.7 Å². The zero-order chi connectivity index (χ0) is 15.8. The summed E-state index contributed by atoms with van der Waals surface area (Å²) in [5.41, 5.74) is 1.72. The number of nitriles is 1. The molecule has 2 N–H and O–H groups in total. The van der Waals surface area contributed by atoms with E-state index in [1.807, 2.05) is 30.1 Å². The number of aryl methyl sites for hydroxylation is 1. The average Bonchev–Trinajstić information content (AvgIpc) is 2.95. The molecule has 6 heteroatoms. The predicted octanol–water partition coefficient (Wildman–Crippen LogP) is 1.09. The molecule has 0 unspecified atom stereocenters. The molecule has 0 amide bonds. The first kappa shape index (κ1) is 16.0. The molecule has 0 aliphatic rings. The number of nitrogens with zero attached hydrogens (tertiary/aromatic N) is 3. The molecule has 1 heterocycles. The largest absolute Gasteiger partial charge is 0.491 e. The minimum Gasteiger partial charge on any atom is -0.491 e. The van der Waals surface area contributed by atoms with E-state index in [1.54, 1.807) is 24.3 Å². The Morgan fingerprint density at radius 3 is 2.82 bits per heavy atom. The van der Waals surface area contributed by atoms with Crippen LogP contribution in [-0.2, 0) is 6.54 Å². The monoisotopic (exact) mass is 300 g/mol. The Morgan fingerprint density at radius 2 is 2.18 bits per heavy atom. The zero-order valence-corrected chi connectivity index (χ0v) is 12.6. The summed E-state index contributed by atoms with van der Waals surface area (Å²) >= 11 is 0. The molecule has 1 aromatic heterocycles. The van der Waals surface area contributed by atoms with Gasteiger partial charge in [-0.25, -0.2) is 0 Å². The fraction of sp³-hybridized carbons (Fsp3) is 0.375. The van der Waals surface area contributed by atoms with Gasteiger partial charge in [0, 0.05) is 19.3 Å². The topological polar surface area (TPSA) is 83.1 Å². The lowest BCUT2D eigenvalue weighted by Crippen LogP contribution is -2.33. The van der Waals surface area contributed by atoms with E-state index in [1.165, 1.54) is 0 Å². The van der Waals surface area contributed by atoms with Gasteiger partial charge in [-0.1, -0.05) is 0 Å². The molecule has 0 saturated carbocycles.